The number of ether oxygens (including phenoxy) is 1. The molecule has 0 fully saturated rings. The Morgan fingerprint density at radius 3 is 2.35 bits per heavy atom. The Morgan fingerprint density at radius 2 is 1.85 bits per heavy atom. The predicted octanol–water partition coefficient (Wildman–Crippen LogP) is 2.28. The zero-order valence-electron chi connectivity index (χ0n) is 12.3. The van der Waals surface area contributed by atoms with Crippen LogP contribution in [0.2, 0.25) is 0 Å². The lowest BCUT2D eigenvalue weighted by molar-refractivity contribution is 0.0377. The van der Waals surface area contributed by atoms with Gasteiger partial charge in [0, 0.05) is 13.1 Å². The first-order chi connectivity index (χ1) is 9.32. The Bertz CT molecular complexity index is 562. The molecule has 0 radical (unpaired) electrons. The second kappa shape index (κ2) is 6.85. The molecule has 0 N–H and O–H groups in total. The van der Waals surface area contributed by atoms with Crippen LogP contribution in [0, 0.1) is 0 Å². The van der Waals surface area contributed by atoms with E-state index in [9.17, 15) is 13.2 Å². The largest absolute Gasteiger partial charge is 0.459 e. The highest BCUT2D eigenvalue weighted by molar-refractivity contribution is 7.89. The van der Waals surface area contributed by atoms with E-state index >= 15 is 0 Å². The van der Waals surface area contributed by atoms with Crippen LogP contribution in [-0.4, -0.2) is 37.9 Å². The molecule has 0 amide bonds. The van der Waals surface area contributed by atoms with E-state index in [1.165, 1.54) is 16.4 Å². The van der Waals surface area contributed by atoms with Crippen LogP contribution in [0.1, 0.15) is 38.1 Å². The number of benzene rings is 1. The van der Waals surface area contributed by atoms with Crippen molar-refractivity contribution < 1.29 is 17.9 Å². The van der Waals surface area contributed by atoms with Crippen LogP contribution >= 0.6 is 0 Å². The summed E-state index contributed by atoms with van der Waals surface area (Å²) in [5.41, 5.74) is 0.243. The van der Waals surface area contributed by atoms with Crippen molar-refractivity contribution in [2.45, 2.75) is 38.7 Å². The van der Waals surface area contributed by atoms with Crippen molar-refractivity contribution in [2.75, 3.05) is 13.1 Å². The van der Waals surface area contributed by atoms with Gasteiger partial charge in [-0.15, -0.1) is 0 Å². The number of rotatable bonds is 6. The topological polar surface area (TPSA) is 63.7 Å². The molecule has 0 bridgehead atoms. The molecule has 0 aliphatic rings. The summed E-state index contributed by atoms with van der Waals surface area (Å²) >= 11 is 0. The first-order valence-corrected chi connectivity index (χ1v) is 8.08. The molecule has 1 aromatic carbocycles. The monoisotopic (exact) mass is 299 g/mol. The molecule has 0 spiro atoms. The van der Waals surface area contributed by atoms with Crippen LogP contribution < -0.4 is 0 Å². The molecule has 0 saturated heterocycles. The third kappa shape index (κ3) is 3.80. The third-order valence-electron chi connectivity index (χ3n) is 2.76. The number of hydrogen-bond acceptors (Lipinski definition) is 4. The van der Waals surface area contributed by atoms with Gasteiger partial charge in [0.15, 0.2) is 0 Å². The van der Waals surface area contributed by atoms with Gasteiger partial charge in [-0.3, -0.25) is 0 Å². The number of carbonyl (C=O) groups is 1. The summed E-state index contributed by atoms with van der Waals surface area (Å²) in [6.07, 6.45) is -0.245. The maximum atomic E-state index is 12.4. The highest BCUT2D eigenvalue weighted by atomic mass is 32.2. The standard InChI is InChI=1S/C14H21NO4S/c1-5-15(6-2)20(17,18)13-9-7-8-12(10-13)14(16)19-11(3)4/h7-11H,5-6H2,1-4H3. The summed E-state index contributed by atoms with van der Waals surface area (Å²) < 4.78 is 31.1. The van der Waals surface area contributed by atoms with E-state index in [0.717, 1.165) is 0 Å². The van der Waals surface area contributed by atoms with Gasteiger partial charge in [-0.1, -0.05) is 19.9 Å². The van der Waals surface area contributed by atoms with Gasteiger partial charge < -0.3 is 4.74 Å². The highest BCUT2D eigenvalue weighted by Crippen LogP contribution is 2.17. The van der Waals surface area contributed by atoms with E-state index in [4.69, 9.17) is 4.74 Å². The van der Waals surface area contributed by atoms with E-state index in [2.05, 4.69) is 0 Å². The summed E-state index contributed by atoms with van der Waals surface area (Å²) in [4.78, 5) is 11.9. The van der Waals surface area contributed by atoms with E-state index in [1.54, 1.807) is 39.8 Å². The third-order valence-corrected chi connectivity index (χ3v) is 4.80. The highest BCUT2D eigenvalue weighted by Gasteiger charge is 2.22. The lowest BCUT2D eigenvalue weighted by atomic mass is 10.2. The van der Waals surface area contributed by atoms with Crippen LogP contribution in [0.4, 0.5) is 0 Å². The van der Waals surface area contributed by atoms with Crippen molar-refractivity contribution in [3.63, 3.8) is 0 Å². The molecular weight excluding hydrogens is 278 g/mol. The smallest absolute Gasteiger partial charge is 0.338 e. The maximum Gasteiger partial charge on any atom is 0.338 e. The Balaban J connectivity index is 3.13. The van der Waals surface area contributed by atoms with Gasteiger partial charge in [-0.05, 0) is 32.0 Å². The van der Waals surface area contributed by atoms with Crippen LogP contribution in [0.15, 0.2) is 29.2 Å². The average Bonchev–Trinajstić information content (AvgIpc) is 2.39. The van der Waals surface area contributed by atoms with Crippen molar-refractivity contribution >= 4 is 16.0 Å². The first kappa shape index (κ1) is 16.7. The van der Waals surface area contributed by atoms with Gasteiger partial charge in [-0.2, -0.15) is 4.31 Å². The first-order valence-electron chi connectivity index (χ1n) is 6.64. The van der Waals surface area contributed by atoms with Gasteiger partial charge in [0.05, 0.1) is 16.6 Å². The molecule has 0 aromatic heterocycles. The molecule has 5 nitrogen and oxygen atoms in total. The van der Waals surface area contributed by atoms with Crippen LogP contribution in [0.3, 0.4) is 0 Å². The minimum atomic E-state index is -3.56. The van der Waals surface area contributed by atoms with Crippen molar-refractivity contribution in [3.05, 3.63) is 29.8 Å². The van der Waals surface area contributed by atoms with Crippen LogP contribution in [0.5, 0.6) is 0 Å². The maximum absolute atomic E-state index is 12.4. The van der Waals surface area contributed by atoms with Gasteiger partial charge >= 0.3 is 5.97 Å². The molecule has 0 heterocycles. The summed E-state index contributed by atoms with van der Waals surface area (Å²) in [7, 11) is -3.56. The molecule has 6 heteroatoms. The van der Waals surface area contributed by atoms with Crippen molar-refractivity contribution in [2.24, 2.45) is 0 Å². The van der Waals surface area contributed by atoms with Crippen molar-refractivity contribution in [3.8, 4) is 0 Å². The molecule has 20 heavy (non-hydrogen) atoms. The average molecular weight is 299 g/mol. The molecule has 0 aliphatic carbocycles. The fourth-order valence-corrected chi connectivity index (χ4v) is 3.28. The molecule has 112 valence electrons. The van der Waals surface area contributed by atoms with E-state index < -0.39 is 16.0 Å². The van der Waals surface area contributed by atoms with E-state index in [1.807, 2.05) is 0 Å². The second-order valence-electron chi connectivity index (χ2n) is 4.57. The SMILES string of the molecule is CCN(CC)S(=O)(=O)c1cccc(C(=O)OC(C)C)c1. The Labute approximate surface area is 120 Å². The number of carbonyl (C=O) groups excluding carboxylic acids is 1. The van der Waals surface area contributed by atoms with E-state index in [0.29, 0.717) is 13.1 Å². The van der Waals surface area contributed by atoms with Gasteiger partial charge in [0.2, 0.25) is 10.0 Å². The van der Waals surface area contributed by atoms with Gasteiger partial charge in [0.1, 0.15) is 0 Å². The Kier molecular flexibility index (Phi) is 5.71. The number of hydrogen-bond donors (Lipinski definition) is 0. The Morgan fingerprint density at radius 1 is 1.25 bits per heavy atom. The summed E-state index contributed by atoms with van der Waals surface area (Å²) in [6, 6.07) is 5.94. The summed E-state index contributed by atoms with van der Waals surface area (Å²) in [6.45, 7) is 7.82. The lowest BCUT2D eigenvalue weighted by Crippen LogP contribution is -2.30. The normalized spacial score (nSPS) is 11.9. The summed E-state index contributed by atoms with van der Waals surface area (Å²) in [5.74, 6) is -0.517. The number of nitrogens with zero attached hydrogens (tertiary/aromatic N) is 1. The fraction of sp³-hybridized carbons (Fsp3) is 0.500. The van der Waals surface area contributed by atoms with Crippen molar-refractivity contribution in [1.82, 2.24) is 4.31 Å². The molecule has 0 aliphatic heterocycles. The Hall–Kier alpha value is -1.40. The van der Waals surface area contributed by atoms with Gasteiger partial charge in [-0.25, -0.2) is 13.2 Å². The van der Waals surface area contributed by atoms with Crippen molar-refractivity contribution in [1.29, 1.82) is 0 Å². The number of esters is 1. The summed E-state index contributed by atoms with van der Waals surface area (Å²) in [5, 5.41) is 0. The van der Waals surface area contributed by atoms with Crippen LogP contribution in [-0.2, 0) is 14.8 Å². The molecular formula is C14H21NO4S. The molecule has 0 atom stereocenters. The molecule has 1 aromatic rings. The zero-order valence-corrected chi connectivity index (χ0v) is 13.1. The van der Waals surface area contributed by atoms with Crippen LogP contribution in [0.25, 0.3) is 0 Å². The molecule has 0 saturated carbocycles. The quantitative estimate of drug-likeness (QED) is 0.756. The minimum absolute atomic E-state index is 0.111. The predicted molar refractivity (Wildman–Crippen MR) is 77.1 cm³/mol. The van der Waals surface area contributed by atoms with Gasteiger partial charge in [0.25, 0.3) is 0 Å². The van der Waals surface area contributed by atoms with E-state index in [-0.39, 0.29) is 16.6 Å². The molecule has 1 rings (SSSR count). The fourth-order valence-electron chi connectivity index (χ4n) is 1.78. The number of sulfonamides is 1. The minimum Gasteiger partial charge on any atom is -0.459 e. The molecule has 0 unspecified atom stereocenters. The lowest BCUT2D eigenvalue weighted by Gasteiger charge is -2.18. The zero-order chi connectivity index (χ0) is 15.3. The second-order valence-corrected chi connectivity index (χ2v) is 6.51.